The Balaban J connectivity index is 0.00000193. The summed E-state index contributed by atoms with van der Waals surface area (Å²) in [5, 5.41) is 8.91. The summed E-state index contributed by atoms with van der Waals surface area (Å²) < 4.78 is 33.2. The third-order valence-electron chi connectivity index (χ3n) is 4.74. The van der Waals surface area contributed by atoms with Crippen LogP contribution in [0, 0.1) is 0 Å². The van der Waals surface area contributed by atoms with Gasteiger partial charge in [0.25, 0.3) is 10.1 Å². The summed E-state index contributed by atoms with van der Waals surface area (Å²) in [6.07, 6.45) is 0. The Morgan fingerprint density at radius 2 is 1.38 bits per heavy atom. The summed E-state index contributed by atoms with van der Waals surface area (Å²) in [6.45, 7) is 0. The second-order valence-corrected chi connectivity index (χ2v) is 8.16. The predicted molar refractivity (Wildman–Crippen MR) is 120 cm³/mol. The maximum atomic E-state index is 12.5. The van der Waals surface area contributed by atoms with Gasteiger partial charge in [-0.1, -0.05) is 54.6 Å². The Bertz CT molecular complexity index is 1430. The third-order valence-corrected chi connectivity index (χ3v) is 5.64. The number of fused-ring (bicyclic) bond motifs is 1. The van der Waals surface area contributed by atoms with Crippen LogP contribution in [-0.4, -0.2) is 18.8 Å². The van der Waals surface area contributed by atoms with E-state index in [1.807, 2.05) is 6.07 Å². The van der Waals surface area contributed by atoms with Crippen LogP contribution in [0.15, 0.2) is 100 Å². The Morgan fingerprint density at radius 3 is 2.00 bits per heavy atom. The van der Waals surface area contributed by atoms with Gasteiger partial charge in [-0.05, 0) is 30.3 Å². The fourth-order valence-electron chi connectivity index (χ4n) is 3.19. The number of azo groups is 1. The van der Waals surface area contributed by atoms with Crippen LogP contribution in [0.5, 0.6) is 0 Å². The van der Waals surface area contributed by atoms with Crippen molar-refractivity contribution in [3.8, 4) is 0 Å². The Kier molecular flexibility index (Phi) is 7.22. The van der Waals surface area contributed by atoms with Crippen molar-refractivity contribution in [2.75, 3.05) is 5.73 Å². The molecule has 0 amide bonds. The Labute approximate surface area is 208 Å². The zero-order valence-electron chi connectivity index (χ0n) is 18.1. The van der Waals surface area contributed by atoms with Gasteiger partial charge < -0.3 is 7.16 Å². The van der Waals surface area contributed by atoms with Crippen molar-refractivity contribution in [2.24, 2.45) is 10.2 Å². The molecule has 0 saturated carbocycles. The number of nitrogen functional groups attached to an aromatic ring is 1. The molecular weight excluding hydrogens is 437 g/mol. The van der Waals surface area contributed by atoms with Crippen molar-refractivity contribution >= 4 is 43.7 Å². The molecule has 0 atom stereocenters. The van der Waals surface area contributed by atoms with Gasteiger partial charge in [0.2, 0.25) is 0 Å². The zero-order valence-corrected chi connectivity index (χ0v) is 20.0. The van der Waals surface area contributed by atoms with Gasteiger partial charge in [-0.25, -0.2) is 0 Å². The van der Waals surface area contributed by atoms with Crippen molar-refractivity contribution < 1.29 is 48.7 Å². The molecule has 7 nitrogen and oxygen atoms in total. The SMILES string of the molecule is Nc1c(N=Nc2ccc(C(=O)c3ccccc3)cc2)cc(S(=O)(=O)O)c2ccccc12.[H-].[Na+]. The minimum absolute atomic E-state index is 0. The second-order valence-electron chi connectivity index (χ2n) is 6.77. The number of hydrogen-bond acceptors (Lipinski definition) is 6. The molecule has 4 aromatic carbocycles. The van der Waals surface area contributed by atoms with Gasteiger partial charge in [0, 0.05) is 21.9 Å². The van der Waals surface area contributed by atoms with E-state index in [0.717, 1.165) is 0 Å². The standard InChI is InChI=1S/C23H17N3O4S.Na.H/c24-22-19-9-5-4-8-18(19)21(31(28,29)30)14-20(22)26-25-17-12-10-16(11-13-17)23(27)15-6-2-1-3-7-15;;/h1-14H,24H2,(H,28,29,30);;/q;+1;-1. The van der Waals surface area contributed by atoms with Crippen LogP contribution in [0.4, 0.5) is 17.1 Å². The number of anilines is 1. The number of nitrogens with zero attached hydrogens (tertiary/aromatic N) is 2. The first kappa shape index (κ1) is 23.8. The zero-order chi connectivity index (χ0) is 22.0. The monoisotopic (exact) mass is 455 g/mol. The first-order chi connectivity index (χ1) is 14.8. The molecule has 32 heavy (non-hydrogen) atoms. The minimum atomic E-state index is -4.49. The van der Waals surface area contributed by atoms with Gasteiger partial charge in [0.05, 0.1) is 11.4 Å². The largest absolute Gasteiger partial charge is 1.00 e. The van der Waals surface area contributed by atoms with Crippen LogP contribution in [0.3, 0.4) is 0 Å². The normalized spacial score (nSPS) is 11.4. The summed E-state index contributed by atoms with van der Waals surface area (Å²) in [7, 11) is -4.49. The number of nitrogens with two attached hydrogens (primary N) is 1. The molecule has 0 aromatic heterocycles. The number of benzene rings is 4. The summed E-state index contributed by atoms with van der Waals surface area (Å²) in [5.41, 5.74) is 8.03. The molecule has 0 aliphatic rings. The number of rotatable bonds is 5. The van der Waals surface area contributed by atoms with Gasteiger partial charge in [-0.2, -0.15) is 13.5 Å². The first-order valence-electron chi connectivity index (χ1n) is 9.25. The van der Waals surface area contributed by atoms with Gasteiger partial charge in [0.15, 0.2) is 5.78 Å². The van der Waals surface area contributed by atoms with Crippen LogP contribution >= 0.6 is 0 Å². The molecule has 4 rings (SSSR count). The summed E-state index contributed by atoms with van der Waals surface area (Å²) >= 11 is 0. The molecule has 0 aliphatic heterocycles. The molecular formula is C23H18N3NaO4S. The number of carbonyl (C=O) groups excluding carboxylic acids is 1. The molecule has 0 spiro atoms. The number of hydrogen-bond donors (Lipinski definition) is 2. The molecule has 0 fully saturated rings. The van der Waals surface area contributed by atoms with E-state index in [1.165, 1.54) is 6.07 Å². The Morgan fingerprint density at radius 1 is 0.812 bits per heavy atom. The maximum absolute atomic E-state index is 12.5. The van der Waals surface area contributed by atoms with Crippen LogP contribution in [0.2, 0.25) is 0 Å². The smallest absolute Gasteiger partial charge is 1.00 e. The Hall–Kier alpha value is -2.88. The van der Waals surface area contributed by atoms with Crippen LogP contribution in [0.25, 0.3) is 10.8 Å². The topological polar surface area (TPSA) is 122 Å². The number of ketones is 1. The minimum Gasteiger partial charge on any atom is -1.00 e. The molecule has 0 heterocycles. The van der Waals surface area contributed by atoms with E-state index in [1.54, 1.807) is 72.8 Å². The molecule has 156 valence electrons. The second kappa shape index (κ2) is 9.72. The fraction of sp³-hybridized carbons (Fsp3) is 0. The molecule has 0 unspecified atom stereocenters. The van der Waals surface area contributed by atoms with E-state index in [0.29, 0.717) is 27.6 Å². The molecule has 0 bridgehead atoms. The van der Waals surface area contributed by atoms with Crippen molar-refractivity contribution in [3.05, 3.63) is 96.1 Å². The van der Waals surface area contributed by atoms with Crippen LogP contribution in [-0.2, 0) is 10.1 Å². The summed E-state index contributed by atoms with van der Waals surface area (Å²) in [5.74, 6) is -0.111. The predicted octanol–water partition coefficient (Wildman–Crippen LogP) is 2.43. The molecule has 0 aliphatic carbocycles. The summed E-state index contributed by atoms with van der Waals surface area (Å²) in [6, 6.07) is 23.2. The van der Waals surface area contributed by atoms with Gasteiger partial charge in [-0.15, -0.1) is 5.11 Å². The van der Waals surface area contributed by atoms with E-state index in [-0.39, 0.29) is 53.0 Å². The summed E-state index contributed by atoms with van der Waals surface area (Å²) in [4.78, 5) is 12.2. The fourth-order valence-corrected chi connectivity index (χ4v) is 3.91. The third kappa shape index (κ3) is 4.95. The first-order valence-corrected chi connectivity index (χ1v) is 10.7. The van der Waals surface area contributed by atoms with E-state index in [9.17, 15) is 17.8 Å². The molecule has 9 heteroatoms. The molecule has 0 saturated heterocycles. The van der Waals surface area contributed by atoms with Crippen LogP contribution < -0.4 is 35.3 Å². The molecule has 4 aromatic rings. The van der Waals surface area contributed by atoms with Crippen molar-refractivity contribution in [3.63, 3.8) is 0 Å². The molecule has 3 N–H and O–H groups in total. The van der Waals surface area contributed by atoms with E-state index >= 15 is 0 Å². The average molecular weight is 455 g/mol. The van der Waals surface area contributed by atoms with E-state index < -0.39 is 10.1 Å². The maximum Gasteiger partial charge on any atom is 1.00 e. The van der Waals surface area contributed by atoms with Crippen LogP contribution in [0.1, 0.15) is 17.3 Å². The van der Waals surface area contributed by atoms with Crippen molar-refractivity contribution in [1.29, 1.82) is 0 Å². The van der Waals surface area contributed by atoms with E-state index in [2.05, 4.69) is 10.2 Å². The van der Waals surface area contributed by atoms with Crippen molar-refractivity contribution in [1.82, 2.24) is 0 Å². The van der Waals surface area contributed by atoms with Gasteiger partial charge >= 0.3 is 29.6 Å². The van der Waals surface area contributed by atoms with Gasteiger partial charge in [-0.3, -0.25) is 9.35 Å². The molecule has 0 radical (unpaired) electrons. The van der Waals surface area contributed by atoms with Crippen molar-refractivity contribution in [2.45, 2.75) is 4.90 Å². The quantitative estimate of drug-likeness (QED) is 0.157. The van der Waals surface area contributed by atoms with E-state index in [4.69, 9.17) is 5.73 Å². The number of carbonyl (C=O) groups is 1. The van der Waals surface area contributed by atoms with Gasteiger partial charge in [0.1, 0.15) is 10.6 Å². The average Bonchev–Trinajstić information content (AvgIpc) is 2.78.